The molecule has 1 aliphatic heterocycles. The molecular formula is C9H15N5O3S. The number of hydrogen-bond donors (Lipinski definition) is 2. The molecule has 1 saturated heterocycles. The van der Waals surface area contributed by atoms with E-state index in [1.54, 1.807) is 4.68 Å². The van der Waals surface area contributed by atoms with Gasteiger partial charge < -0.3 is 5.32 Å². The van der Waals surface area contributed by atoms with Crippen molar-refractivity contribution in [3.05, 3.63) is 11.9 Å². The topological polar surface area (TPSA) is 106 Å². The van der Waals surface area contributed by atoms with Crippen LogP contribution in [0.15, 0.2) is 6.20 Å². The molecule has 0 aliphatic carbocycles. The molecule has 1 amide bonds. The highest BCUT2D eigenvalue weighted by atomic mass is 32.2. The quantitative estimate of drug-likeness (QED) is 0.720. The summed E-state index contributed by atoms with van der Waals surface area (Å²) >= 11 is 0. The second kappa shape index (κ2) is 4.65. The van der Waals surface area contributed by atoms with Gasteiger partial charge in [0.25, 0.3) is 5.91 Å². The molecule has 0 aromatic carbocycles. The van der Waals surface area contributed by atoms with Gasteiger partial charge in [-0.05, 0) is 13.8 Å². The molecule has 1 aliphatic rings. The van der Waals surface area contributed by atoms with Crippen molar-refractivity contribution < 1.29 is 13.2 Å². The third kappa shape index (κ3) is 2.51. The summed E-state index contributed by atoms with van der Waals surface area (Å²) in [6.07, 6.45) is 1.46. The lowest BCUT2D eigenvalue weighted by molar-refractivity contribution is 0.0976. The average molecular weight is 273 g/mol. The smallest absolute Gasteiger partial charge is 0.286 e. The molecule has 0 atom stereocenters. The van der Waals surface area contributed by atoms with Crippen molar-refractivity contribution in [3.8, 4) is 0 Å². The van der Waals surface area contributed by atoms with Gasteiger partial charge in [0.05, 0.1) is 17.5 Å². The van der Waals surface area contributed by atoms with Crippen molar-refractivity contribution >= 4 is 15.9 Å². The zero-order chi connectivity index (χ0) is 13.3. The molecular weight excluding hydrogens is 258 g/mol. The lowest BCUT2D eigenvalue weighted by Gasteiger charge is -2.26. The number of sulfonamides is 1. The highest BCUT2D eigenvalue weighted by Crippen LogP contribution is 2.10. The van der Waals surface area contributed by atoms with Crippen LogP contribution in [0.2, 0.25) is 0 Å². The third-order valence-corrected chi connectivity index (χ3v) is 4.44. The van der Waals surface area contributed by atoms with Gasteiger partial charge in [-0.1, -0.05) is 5.21 Å². The second-order valence-electron chi connectivity index (χ2n) is 4.42. The summed E-state index contributed by atoms with van der Waals surface area (Å²) < 4.78 is 26.6. The van der Waals surface area contributed by atoms with E-state index in [4.69, 9.17) is 0 Å². The van der Waals surface area contributed by atoms with Gasteiger partial charge in [-0.15, -0.1) is 5.10 Å². The van der Waals surface area contributed by atoms with Crippen molar-refractivity contribution in [2.24, 2.45) is 0 Å². The van der Waals surface area contributed by atoms with Gasteiger partial charge in [-0.2, -0.15) is 0 Å². The molecule has 1 aromatic rings. The predicted octanol–water partition coefficient (Wildman–Crippen LogP) is -1.11. The van der Waals surface area contributed by atoms with Crippen molar-refractivity contribution in [2.75, 3.05) is 13.1 Å². The number of rotatable bonds is 4. The van der Waals surface area contributed by atoms with Crippen LogP contribution in [-0.4, -0.2) is 47.7 Å². The van der Waals surface area contributed by atoms with Crippen molar-refractivity contribution in [1.82, 2.24) is 25.0 Å². The van der Waals surface area contributed by atoms with E-state index in [1.165, 1.54) is 20.0 Å². The van der Waals surface area contributed by atoms with E-state index >= 15 is 0 Å². The van der Waals surface area contributed by atoms with Crippen LogP contribution < -0.4 is 10.0 Å². The first-order chi connectivity index (χ1) is 8.40. The fraction of sp³-hybridized carbons (Fsp3) is 0.667. The Labute approximate surface area is 105 Å². The first-order valence-electron chi connectivity index (χ1n) is 5.58. The Balaban J connectivity index is 2.07. The Hall–Kier alpha value is -1.48. The predicted molar refractivity (Wildman–Crippen MR) is 63.5 cm³/mol. The normalized spacial score (nSPS) is 16.6. The highest BCUT2D eigenvalue weighted by molar-refractivity contribution is 7.90. The summed E-state index contributed by atoms with van der Waals surface area (Å²) in [5.74, 6) is -0.748. The molecule has 2 N–H and O–H groups in total. The fourth-order valence-electron chi connectivity index (χ4n) is 1.32. The Kier molecular flexibility index (Phi) is 3.35. The SMILES string of the molecule is CC(C)S(=O)(=O)NC(=O)c1cn(C2CNC2)nn1. The zero-order valence-electron chi connectivity index (χ0n) is 10.1. The Morgan fingerprint density at radius 2 is 2.22 bits per heavy atom. The number of nitrogens with one attached hydrogen (secondary N) is 2. The largest absolute Gasteiger partial charge is 0.312 e. The number of amides is 1. The van der Waals surface area contributed by atoms with Gasteiger partial charge in [0.1, 0.15) is 0 Å². The summed E-state index contributed by atoms with van der Waals surface area (Å²) in [6, 6.07) is 0.181. The number of nitrogens with zero attached hydrogens (tertiary/aromatic N) is 3. The minimum atomic E-state index is -3.64. The van der Waals surface area contributed by atoms with Gasteiger partial charge in [-0.3, -0.25) is 4.79 Å². The van der Waals surface area contributed by atoms with E-state index in [9.17, 15) is 13.2 Å². The summed E-state index contributed by atoms with van der Waals surface area (Å²) in [6.45, 7) is 4.53. The third-order valence-electron chi connectivity index (χ3n) is 2.73. The van der Waals surface area contributed by atoms with Crippen LogP contribution in [0.4, 0.5) is 0 Å². The number of carbonyl (C=O) groups excluding carboxylic acids is 1. The van der Waals surface area contributed by atoms with Crippen LogP contribution in [0, 0.1) is 0 Å². The van der Waals surface area contributed by atoms with Crippen LogP contribution in [0.5, 0.6) is 0 Å². The van der Waals surface area contributed by atoms with Gasteiger partial charge in [0.2, 0.25) is 10.0 Å². The van der Waals surface area contributed by atoms with Crippen LogP contribution >= 0.6 is 0 Å². The molecule has 1 aromatic heterocycles. The maximum absolute atomic E-state index is 11.7. The molecule has 0 bridgehead atoms. The summed E-state index contributed by atoms with van der Waals surface area (Å²) in [4.78, 5) is 11.7. The molecule has 0 radical (unpaired) electrons. The van der Waals surface area contributed by atoms with E-state index in [0.29, 0.717) is 0 Å². The Morgan fingerprint density at radius 1 is 1.56 bits per heavy atom. The molecule has 0 unspecified atom stereocenters. The Morgan fingerprint density at radius 3 is 2.72 bits per heavy atom. The maximum atomic E-state index is 11.7. The monoisotopic (exact) mass is 273 g/mol. The number of aromatic nitrogens is 3. The average Bonchev–Trinajstić information content (AvgIpc) is 2.63. The lowest BCUT2D eigenvalue weighted by Crippen LogP contribution is -2.43. The van der Waals surface area contributed by atoms with Crippen molar-refractivity contribution in [3.63, 3.8) is 0 Å². The van der Waals surface area contributed by atoms with E-state index < -0.39 is 21.2 Å². The summed E-state index contributed by atoms with van der Waals surface area (Å²) in [5.41, 5.74) is 0.00567. The molecule has 1 fully saturated rings. The van der Waals surface area contributed by atoms with Gasteiger partial charge in [0, 0.05) is 13.1 Å². The van der Waals surface area contributed by atoms with Crippen LogP contribution in [0.25, 0.3) is 0 Å². The van der Waals surface area contributed by atoms with Crippen LogP contribution in [-0.2, 0) is 10.0 Å². The summed E-state index contributed by atoms with van der Waals surface area (Å²) in [5, 5.41) is 9.87. The molecule has 9 heteroatoms. The standard InChI is InChI=1S/C9H15N5O3S/c1-6(2)18(16,17)12-9(15)8-5-14(13-11-8)7-3-10-4-7/h5-7,10H,3-4H2,1-2H3,(H,12,15). The van der Waals surface area contributed by atoms with E-state index in [0.717, 1.165) is 13.1 Å². The molecule has 0 saturated carbocycles. The molecule has 2 heterocycles. The van der Waals surface area contributed by atoms with Crippen molar-refractivity contribution in [2.45, 2.75) is 25.1 Å². The highest BCUT2D eigenvalue weighted by Gasteiger charge is 2.24. The first kappa shape index (κ1) is 13.0. The summed E-state index contributed by atoms with van der Waals surface area (Å²) in [7, 11) is -3.64. The van der Waals surface area contributed by atoms with Gasteiger partial charge in [0.15, 0.2) is 5.69 Å². The molecule has 2 rings (SSSR count). The minimum absolute atomic E-state index is 0.00567. The molecule has 100 valence electrons. The van der Waals surface area contributed by atoms with Crippen molar-refractivity contribution in [1.29, 1.82) is 0 Å². The van der Waals surface area contributed by atoms with E-state index in [1.807, 2.05) is 4.72 Å². The van der Waals surface area contributed by atoms with Gasteiger partial charge in [-0.25, -0.2) is 17.8 Å². The molecule has 0 spiro atoms. The Bertz CT molecular complexity index is 546. The van der Waals surface area contributed by atoms with E-state index in [2.05, 4.69) is 15.6 Å². The first-order valence-corrected chi connectivity index (χ1v) is 7.13. The lowest BCUT2D eigenvalue weighted by atomic mass is 10.2. The minimum Gasteiger partial charge on any atom is -0.312 e. The molecule has 8 nitrogen and oxygen atoms in total. The van der Waals surface area contributed by atoms with Crippen LogP contribution in [0.1, 0.15) is 30.4 Å². The number of hydrogen-bond acceptors (Lipinski definition) is 6. The zero-order valence-corrected chi connectivity index (χ0v) is 10.9. The van der Waals surface area contributed by atoms with E-state index in [-0.39, 0.29) is 11.7 Å². The van der Waals surface area contributed by atoms with Crippen LogP contribution in [0.3, 0.4) is 0 Å². The molecule has 18 heavy (non-hydrogen) atoms. The fourth-order valence-corrected chi connectivity index (χ4v) is 1.92. The van der Waals surface area contributed by atoms with Gasteiger partial charge >= 0.3 is 0 Å². The second-order valence-corrected chi connectivity index (χ2v) is 6.66. The maximum Gasteiger partial charge on any atom is 0.286 e. The number of carbonyl (C=O) groups is 1.